The van der Waals surface area contributed by atoms with Crippen molar-refractivity contribution in [3.8, 4) is 5.75 Å². The Labute approximate surface area is 229 Å². The zero-order valence-corrected chi connectivity index (χ0v) is 21.6. The number of nitrogens with one attached hydrogen (secondary N) is 4. The molecule has 0 aliphatic carbocycles. The van der Waals surface area contributed by atoms with Crippen molar-refractivity contribution in [1.29, 1.82) is 0 Å². The van der Waals surface area contributed by atoms with Gasteiger partial charge in [-0.05, 0) is 35.7 Å². The van der Waals surface area contributed by atoms with Gasteiger partial charge in [-0.25, -0.2) is 4.79 Å². The first-order chi connectivity index (χ1) is 19.1. The molecule has 13 nitrogen and oxygen atoms in total. The van der Waals surface area contributed by atoms with Crippen LogP contribution >= 0.6 is 0 Å². The Morgan fingerprint density at radius 1 is 0.850 bits per heavy atom. The van der Waals surface area contributed by atoms with Crippen LogP contribution in [0.4, 0.5) is 0 Å². The van der Waals surface area contributed by atoms with Crippen LogP contribution < -0.4 is 27.4 Å². The number of primary amides is 1. The molecule has 0 fully saturated rings. The maximum atomic E-state index is 13.3. The lowest BCUT2D eigenvalue weighted by atomic mass is 10.0. The normalized spacial score (nSPS) is 13.1. The number of para-hydroxylation sites is 1. The van der Waals surface area contributed by atoms with Crippen LogP contribution in [-0.4, -0.2) is 69.5 Å². The highest BCUT2D eigenvalue weighted by atomic mass is 16.4. The van der Waals surface area contributed by atoms with Crippen molar-refractivity contribution in [2.24, 2.45) is 11.5 Å². The number of hydrogen-bond donors (Lipinski definition) is 8. The highest BCUT2D eigenvalue weighted by molar-refractivity contribution is 5.94. The summed E-state index contributed by atoms with van der Waals surface area (Å²) in [6.07, 6.45) is 1.19. The Kier molecular flexibility index (Phi) is 10.2. The van der Waals surface area contributed by atoms with Gasteiger partial charge in [-0.3, -0.25) is 19.2 Å². The van der Waals surface area contributed by atoms with Crippen LogP contribution in [0.3, 0.4) is 0 Å². The largest absolute Gasteiger partial charge is 0.508 e. The van der Waals surface area contributed by atoms with Gasteiger partial charge in [-0.15, -0.1) is 0 Å². The summed E-state index contributed by atoms with van der Waals surface area (Å²) in [7, 11) is 0. The van der Waals surface area contributed by atoms with Gasteiger partial charge >= 0.3 is 5.97 Å². The molecule has 0 bridgehead atoms. The van der Waals surface area contributed by atoms with Gasteiger partial charge in [0.2, 0.25) is 23.6 Å². The minimum absolute atomic E-state index is 0.00203. The average molecular weight is 553 g/mol. The van der Waals surface area contributed by atoms with Crippen LogP contribution in [0.15, 0.2) is 54.7 Å². The number of phenols is 1. The predicted octanol–water partition coefficient (Wildman–Crippen LogP) is -0.578. The van der Waals surface area contributed by atoms with E-state index in [-0.39, 0.29) is 38.0 Å². The molecular weight excluding hydrogens is 520 g/mol. The van der Waals surface area contributed by atoms with E-state index in [4.69, 9.17) is 11.5 Å². The molecule has 0 spiro atoms. The van der Waals surface area contributed by atoms with E-state index < -0.39 is 47.7 Å². The first-order valence-corrected chi connectivity index (χ1v) is 12.5. The molecule has 2 aromatic carbocycles. The predicted molar refractivity (Wildman–Crippen MR) is 145 cm³/mol. The van der Waals surface area contributed by atoms with Gasteiger partial charge in [0.15, 0.2) is 0 Å². The fraction of sp³-hybridized carbons (Fsp3) is 0.296. The second kappa shape index (κ2) is 13.8. The third-order valence-corrected chi connectivity index (χ3v) is 6.24. The van der Waals surface area contributed by atoms with Crippen molar-refractivity contribution in [3.63, 3.8) is 0 Å². The van der Waals surface area contributed by atoms with Crippen molar-refractivity contribution < 1.29 is 34.2 Å². The molecule has 0 aliphatic heterocycles. The van der Waals surface area contributed by atoms with E-state index >= 15 is 0 Å². The van der Waals surface area contributed by atoms with Crippen LogP contribution in [-0.2, 0) is 36.8 Å². The molecule has 1 heterocycles. The highest BCUT2D eigenvalue weighted by Crippen LogP contribution is 2.19. The summed E-state index contributed by atoms with van der Waals surface area (Å²) in [5.41, 5.74) is 12.8. The molecule has 3 unspecified atom stereocenters. The number of nitrogens with two attached hydrogens (primary N) is 2. The van der Waals surface area contributed by atoms with E-state index in [1.165, 1.54) is 24.3 Å². The van der Waals surface area contributed by atoms with Crippen molar-refractivity contribution in [2.45, 2.75) is 43.8 Å². The molecule has 10 N–H and O–H groups in total. The van der Waals surface area contributed by atoms with E-state index in [9.17, 15) is 34.2 Å². The van der Waals surface area contributed by atoms with Gasteiger partial charge in [-0.1, -0.05) is 30.3 Å². The lowest BCUT2D eigenvalue weighted by Crippen LogP contribution is -2.57. The number of aliphatic carboxylic acids is 1. The monoisotopic (exact) mass is 552 g/mol. The van der Waals surface area contributed by atoms with Crippen LogP contribution in [0.1, 0.15) is 24.0 Å². The molecule has 3 aromatic rings. The first-order valence-electron chi connectivity index (χ1n) is 12.5. The lowest BCUT2D eigenvalue weighted by Gasteiger charge is -2.24. The molecule has 13 heteroatoms. The standard InChI is InChI=1S/C27H32N6O7/c28-13-24(36)31-21(12-16-14-30-19-4-2-1-3-18(16)19)26(38)32-20(9-10-23(29)35)25(37)33-22(27(39)40)11-15-5-7-17(34)8-6-15/h1-8,14,20-22,30,34H,9-13,28H2,(H2,29,35)(H,31,36)(H,32,38)(H,33,37)(H,39,40). The number of fused-ring (bicyclic) bond motifs is 1. The molecule has 212 valence electrons. The zero-order chi connectivity index (χ0) is 29.2. The number of carboxylic acids is 1. The minimum atomic E-state index is -1.37. The Hall–Kier alpha value is -4.91. The molecule has 0 saturated carbocycles. The van der Waals surface area contributed by atoms with Gasteiger partial charge < -0.3 is 42.6 Å². The van der Waals surface area contributed by atoms with E-state index in [1.807, 2.05) is 24.3 Å². The van der Waals surface area contributed by atoms with Gasteiger partial charge in [-0.2, -0.15) is 0 Å². The van der Waals surface area contributed by atoms with Crippen LogP contribution in [0.25, 0.3) is 10.9 Å². The summed E-state index contributed by atoms with van der Waals surface area (Å²) >= 11 is 0. The number of amides is 4. The summed E-state index contributed by atoms with van der Waals surface area (Å²) in [4.78, 5) is 65.0. The van der Waals surface area contributed by atoms with Crippen LogP contribution in [0.5, 0.6) is 5.75 Å². The third kappa shape index (κ3) is 8.30. The number of aromatic nitrogens is 1. The molecule has 1 aromatic heterocycles. The average Bonchev–Trinajstić information content (AvgIpc) is 3.33. The number of aromatic hydroxyl groups is 1. The number of phenolic OH excluding ortho intramolecular Hbond substituents is 1. The van der Waals surface area contributed by atoms with Gasteiger partial charge in [0, 0.05) is 36.4 Å². The summed E-state index contributed by atoms with van der Waals surface area (Å²) in [5.74, 6) is -4.24. The third-order valence-electron chi connectivity index (χ3n) is 6.24. The molecule has 3 atom stereocenters. The lowest BCUT2D eigenvalue weighted by molar-refractivity contribution is -0.142. The number of H-pyrrole nitrogens is 1. The Morgan fingerprint density at radius 3 is 2.15 bits per heavy atom. The first kappa shape index (κ1) is 29.6. The summed E-state index contributed by atoms with van der Waals surface area (Å²) < 4.78 is 0. The van der Waals surface area contributed by atoms with Crippen molar-refractivity contribution in [2.75, 3.05) is 6.54 Å². The number of carbonyl (C=O) groups is 5. The fourth-order valence-corrected chi connectivity index (χ4v) is 4.15. The number of aromatic amines is 1. The van der Waals surface area contributed by atoms with E-state index in [0.29, 0.717) is 5.56 Å². The smallest absolute Gasteiger partial charge is 0.326 e. The highest BCUT2D eigenvalue weighted by Gasteiger charge is 2.30. The molecule has 0 radical (unpaired) electrons. The SMILES string of the molecule is NCC(=O)NC(Cc1c[nH]c2ccccc12)C(=O)NC(CCC(N)=O)C(=O)NC(Cc1ccc(O)cc1)C(=O)O. The molecule has 40 heavy (non-hydrogen) atoms. The molecule has 0 saturated heterocycles. The van der Waals surface area contributed by atoms with Gasteiger partial charge in [0.1, 0.15) is 23.9 Å². The zero-order valence-electron chi connectivity index (χ0n) is 21.6. The minimum Gasteiger partial charge on any atom is -0.508 e. The van der Waals surface area contributed by atoms with Gasteiger partial charge in [0.25, 0.3) is 0 Å². The van der Waals surface area contributed by atoms with Crippen molar-refractivity contribution in [1.82, 2.24) is 20.9 Å². The second-order valence-electron chi connectivity index (χ2n) is 9.22. The van der Waals surface area contributed by atoms with Crippen LogP contribution in [0, 0.1) is 0 Å². The quantitative estimate of drug-likeness (QED) is 0.129. The number of hydrogen-bond acceptors (Lipinski definition) is 7. The number of rotatable bonds is 14. The molecule has 3 rings (SSSR count). The summed E-state index contributed by atoms with van der Waals surface area (Å²) in [5, 5.41) is 27.4. The molecule has 0 aliphatic rings. The maximum Gasteiger partial charge on any atom is 0.326 e. The Morgan fingerprint density at radius 2 is 1.50 bits per heavy atom. The van der Waals surface area contributed by atoms with E-state index in [0.717, 1.165) is 16.5 Å². The summed E-state index contributed by atoms with van der Waals surface area (Å²) in [6, 6.07) is 9.34. The fourth-order valence-electron chi connectivity index (χ4n) is 4.15. The molecule has 4 amide bonds. The Bertz CT molecular complexity index is 1370. The van der Waals surface area contributed by atoms with Gasteiger partial charge in [0.05, 0.1) is 6.54 Å². The second-order valence-corrected chi connectivity index (χ2v) is 9.22. The van der Waals surface area contributed by atoms with E-state index in [1.54, 1.807) is 6.20 Å². The number of carbonyl (C=O) groups excluding carboxylic acids is 4. The van der Waals surface area contributed by atoms with E-state index in [2.05, 4.69) is 20.9 Å². The van der Waals surface area contributed by atoms with Crippen molar-refractivity contribution >= 4 is 40.5 Å². The van der Waals surface area contributed by atoms with Crippen LogP contribution in [0.2, 0.25) is 0 Å². The number of carboxylic acid groups (broad SMARTS) is 1. The summed E-state index contributed by atoms with van der Waals surface area (Å²) in [6.45, 7) is -0.374. The Balaban J connectivity index is 1.79. The van der Waals surface area contributed by atoms with Crippen molar-refractivity contribution in [3.05, 3.63) is 65.9 Å². The number of benzene rings is 2. The topological polar surface area (TPSA) is 230 Å². The maximum absolute atomic E-state index is 13.3. The molecular formula is C27H32N6O7.